The van der Waals surface area contributed by atoms with Crippen LogP contribution in [0.3, 0.4) is 0 Å². The third-order valence-electron chi connectivity index (χ3n) is 3.64. The molecule has 0 aliphatic heterocycles. The fourth-order valence-corrected chi connectivity index (χ4v) is 3.58. The molecule has 0 aromatic carbocycles. The van der Waals surface area contributed by atoms with Gasteiger partial charge in [-0.2, -0.15) is 0 Å². The van der Waals surface area contributed by atoms with Crippen LogP contribution in [0.2, 0.25) is 0 Å². The number of aromatic nitrogens is 1. The summed E-state index contributed by atoms with van der Waals surface area (Å²) in [4.78, 5) is 4.44. The second-order valence-electron chi connectivity index (χ2n) is 5.86. The Labute approximate surface area is 112 Å². The highest BCUT2D eigenvalue weighted by Crippen LogP contribution is 2.36. The minimum absolute atomic E-state index is 0.0576. The molecule has 2 rings (SSSR count). The first-order chi connectivity index (χ1) is 7.97. The van der Waals surface area contributed by atoms with Crippen LogP contribution in [0.1, 0.15) is 38.8 Å². The molecule has 2 N–H and O–H groups in total. The zero-order valence-electron chi connectivity index (χ0n) is 10.6. The summed E-state index contributed by atoms with van der Waals surface area (Å²) >= 11 is 3.41. The average molecular weight is 297 g/mol. The Bertz CT molecular complexity index is 364. The van der Waals surface area contributed by atoms with Crippen LogP contribution in [0.15, 0.2) is 22.8 Å². The Morgan fingerprint density at radius 1 is 1.35 bits per heavy atom. The number of halogens is 1. The van der Waals surface area contributed by atoms with Gasteiger partial charge in [-0.3, -0.25) is 4.98 Å². The molecule has 1 aliphatic carbocycles. The van der Waals surface area contributed by atoms with Gasteiger partial charge >= 0.3 is 0 Å². The maximum atomic E-state index is 6.56. The van der Waals surface area contributed by atoms with Crippen LogP contribution >= 0.6 is 15.9 Å². The van der Waals surface area contributed by atoms with Crippen molar-refractivity contribution in [1.29, 1.82) is 0 Å². The fourth-order valence-electron chi connectivity index (χ4n) is 3.34. The Balaban J connectivity index is 2.08. The third kappa shape index (κ3) is 3.52. The van der Waals surface area contributed by atoms with Gasteiger partial charge in [0, 0.05) is 28.3 Å². The van der Waals surface area contributed by atoms with Gasteiger partial charge in [0.15, 0.2) is 0 Å². The van der Waals surface area contributed by atoms with E-state index in [9.17, 15) is 0 Å². The second-order valence-corrected chi connectivity index (χ2v) is 6.78. The largest absolute Gasteiger partial charge is 0.325 e. The molecule has 0 amide bonds. The van der Waals surface area contributed by atoms with Crippen molar-refractivity contribution in [3.8, 4) is 0 Å². The minimum Gasteiger partial charge on any atom is -0.325 e. The van der Waals surface area contributed by atoms with Gasteiger partial charge in [-0.15, -0.1) is 0 Å². The molecule has 2 unspecified atom stereocenters. The summed E-state index contributed by atoms with van der Waals surface area (Å²) in [6.07, 6.45) is 6.31. The van der Waals surface area contributed by atoms with E-state index in [0.29, 0.717) is 0 Å². The van der Waals surface area contributed by atoms with E-state index >= 15 is 0 Å². The van der Waals surface area contributed by atoms with Crippen LogP contribution in [0.25, 0.3) is 0 Å². The SMILES string of the molecule is CC1CC(C)CC(N)(Cc2ccc(Br)cn2)C1. The molecule has 17 heavy (non-hydrogen) atoms. The number of nitrogens with zero attached hydrogens (tertiary/aromatic N) is 1. The zero-order valence-corrected chi connectivity index (χ0v) is 12.2. The molecule has 1 fully saturated rings. The Hall–Kier alpha value is -0.410. The highest BCUT2D eigenvalue weighted by Gasteiger charge is 2.34. The summed E-state index contributed by atoms with van der Waals surface area (Å²) in [5, 5.41) is 0. The van der Waals surface area contributed by atoms with Crippen molar-refractivity contribution >= 4 is 15.9 Å². The minimum atomic E-state index is -0.0576. The molecule has 0 spiro atoms. The van der Waals surface area contributed by atoms with E-state index in [-0.39, 0.29) is 5.54 Å². The number of rotatable bonds is 2. The molecule has 2 nitrogen and oxygen atoms in total. The Kier molecular flexibility index (Phi) is 3.88. The normalized spacial score (nSPS) is 33.6. The van der Waals surface area contributed by atoms with Gasteiger partial charge in [0.2, 0.25) is 0 Å². The van der Waals surface area contributed by atoms with Crippen molar-refractivity contribution in [2.24, 2.45) is 17.6 Å². The second kappa shape index (κ2) is 5.07. The molecule has 3 heteroatoms. The summed E-state index contributed by atoms with van der Waals surface area (Å²) in [7, 11) is 0. The first kappa shape index (κ1) is 13.0. The van der Waals surface area contributed by atoms with Crippen molar-refractivity contribution < 1.29 is 0 Å². The lowest BCUT2D eigenvalue weighted by molar-refractivity contribution is 0.181. The number of nitrogens with two attached hydrogens (primary N) is 1. The van der Waals surface area contributed by atoms with Crippen LogP contribution in [0, 0.1) is 11.8 Å². The van der Waals surface area contributed by atoms with Crippen molar-refractivity contribution in [3.63, 3.8) is 0 Å². The van der Waals surface area contributed by atoms with Crippen molar-refractivity contribution in [2.45, 2.75) is 45.1 Å². The quantitative estimate of drug-likeness (QED) is 0.907. The maximum Gasteiger partial charge on any atom is 0.0422 e. The van der Waals surface area contributed by atoms with Gasteiger partial charge < -0.3 is 5.73 Å². The lowest BCUT2D eigenvalue weighted by Crippen LogP contribution is -2.48. The van der Waals surface area contributed by atoms with Crippen LogP contribution in [0.5, 0.6) is 0 Å². The summed E-state index contributed by atoms with van der Waals surface area (Å²) in [6.45, 7) is 4.62. The molecule has 0 saturated heterocycles. The van der Waals surface area contributed by atoms with Gasteiger partial charge in [0.05, 0.1) is 0 Å². The first-order valence-corrected chi connectivity index (χ1v) is 7.15. The van der Waals surface area contributed by atoms with Crippen molar-refractivity contribution in [1.82, 2.24) is 4.98 Å². The van der Waals surface area contributed by atoms with Gasteiger partial charge in [-0.25, -0.2) is 0 Å². The lowest BCUT2D eigenvalue weighted by Gasteiger charge is -2.40. The van der Waals surface area contributed by atoms with Gasteiger partial charge in [0.25, 0.3) is 0 Å². The molecular formula is C14H21BrN2. The van der Waals surface area contributed by atoms with Gasteiger partial charge in [-0.05, 0) is 59.2 Å². The molecule has 2 atom stereocenters. The third-order valence-corrected chi connectivity index (χ3v) is 4.11. The van der Waals surface area contributed by atoms with Crippen molar-refractivity contribution in [3.05, 3.63) is 28.5 Å². The summed E-state index contributed by atoms with van der Waals surface area (Å²) in [6, 6.07) is 4.12. The molecule has 1 aliphatic rings. The maximum absolute atomic E-state index is 6.56. The summed E-state index contributed by atoms with van der Waals surface area (Å²) in [5.74, 6) is 1.47. The average Bonchev–Trinajstić information content (AvgIpc) is 2.19. The standard InChI is InChI=1S/C14H21BrN2/c1-10-5-11(2)7-14(16,6-10)8-13-4-3-12(15)9-17-13/h3-4,9-11H,5-8,16H2,1-2H3. The van der Waals surface area contributed by atoms with E-state index in [4.69, 9.17) is 5.73 Å². The van der Waals surface area contributed by atoms with Crippen LogP contribution in [-0.2, 0) is 6.42 Å². The van der Waals surface area contributed by atoms with E-state index in [0.717, 1.165) is 41.3 Å². The predicted octanol–water partition coefficient (Wildman–Crippen LogP) is 3.54. The summed E-state index contributed by atoms with van der Waals surface area (Å²) in [5.41, 5.74) is 7.61. The topological polar surface area (TPSA) is 38.9 Å². The fraction of sp³-hybridized carbons (Fsp3) is 0.643. The molecule has 1 saturated carbocycles. The molecule has 1 heterocycles. The van der Waals surface area contributed by atoms with E-state index in [2.05, 4.69) is 40.8 Å². The molecule has 0 bridgehead atoms. The monoisotopic (exact) mass is 296 g/mol. The lowest BCUT2D eigenvalue weighted by atomic mass is 9.70. The van der Waals surface area contributed by atoms with Crippen molar-refractivity contribution in [2.75, 3.05) is 0 Å². The van der Waals surface area contributed by atoms with Crippen LogP contribution in [-0.4, -0.2) is 10.5 Å². The van der Waals surface area contributed by atoms with Crippen LogP contribution in [0.4, 0.5) is 0 Å². The highest BCUT2D eigenvalue weighted by atomic mass is 79.9. The zero-order chi connectivity index (χ0) is 12.5. The van der Waals surface area contributed by atoms with Crippen LogP contribution < -0.4 is 5.73 Å². The first-order valence-electron chi connectivity index (χ1n) is 6.36. The predicted molar refractivity (Wildman–Crippen MR) is 74.7 cm³/mol. The molecule has 0 radical (unpaired) electrons. The smallest absolute Gasteiger partial charge is 0.0422 e. The molecular weight excluding hydrogens is 276 g/mol. The van der Waals surface area contributed by atoms with E-state index in [1.807, 2.05) is 12.3 Å². The van der Waals surface area contributed by atoms with E-state index < -0.39 is 0 Å². The Morgan fingerprint density at radius 2 is 2.00 bits per heavy atom. The van der Waals surface area contributed by atoms with Gasteiger partial charge in [0.1, 0.15) is 0 Å². The summed E-state index contributed by atoms with van der Waals surface area (Å²) < 4.78 is 1.03. The molecule has 1 aromatic heterocycles. The Morgan fingerprint density at radius 3 is 2.53 bits per heavy atom. The van der Waals surface area contributed by atoms with Gasteiger partial charge in [-0.1, -0.05) is 13.8 Å². The number of pyridine rings is 1. The number of hydrogen-bond donors (Lipinski definition) is 1. The molecule has 94 valence electrons. The van der Waals surface area contributed by atoms with E-state index in [1.54, 1.807) is 0 Å². The van der Waals surface area contributed by atoms with E-state index in [1.165, 1.54) is 6.42 Å². The number of hydrogen-bond acceptors (Lipinski definition) is 2. The highest BCUT2D eigenvalue weighted by molar-refractivity contribution is 9.10. The molecule has 1 aromatic rings.